The van der Waals surface area contributed by atoms with Crippen molar-refractivity contribution in [3.8, 4) is 0 Å². The van der Waals surface area contributed by atoms with Crippen molar-refractivity contribution in [1.29, 1.82) is 0 Å². The minimum absolute atomic E-state index is 0.0553. The number of hydrogen-bond acceptors (Lipinski definition) is 4. The molecule has 1 heterocycles. The highest BCUT2D eigenvalue weighted by Gasteiger charge is 2.46. The van der Waals surface area contributed by atoms with Gasteiger partial charge in [0.05, 0.1) is 5.75 Å². The summed E-state index contributed by atoms with van der Waals surface area (Å²) in [5, 5.41) is 2.62. The molecule has 1 rings (SSSR count). The van der Waals surface area contributed by atoms with Crippen molar-refractivity contribution in [3.63, 3.8) is 0 Å². The van der Waals surface area contributed by atoms with E-state index in [1.54, 1.807) is 20.8 Å². The Kier molecular flexibility index (Phi) is 4.05. The second-order valence-corrected chi connectivity index (χ2v) is 7.20. The van der Waals surface area contributed by atoms with Crippen LogP contribution in [0.2, 0.25) is 0 Å². The van der Waals surface area contributed by atoms with Crippen LogP contribution in [0.5, 0.6) is 0 Å². The van der Waals surface area contributed by atoms with Gasteiger partial charge in [-0.25, -0.2) is 8.42 Å². The summed E-state index contributed by atoms with van der Waals surface area (Å²) in [5.74, 6) is -0.595. The first kappa shape index (κ1) is 14.9. The summed E-state index contributed by atoms with van der Waals surface area (Å²) in [6, 6.07) is -0.600. The number of piperazine rings is 1. The first-order valence-electron chi connectivity index (χ1n) is 5.92. The fourth-order valence-corrected chi connectivity index (χ4v) is 2.49. The van der Waals surface area contributed by atoms with E-state index in [1.165, 1.54) is 4.90 Å². The van der Waals surface area contributed by atoms with Crippen LogP contribution in [0.3, 0.4) is 0 Å². The summed E-state index contributed by atoms with van der Waals surface area (Å²) in [5.41, 5.74) is -0.964. The molecule has 2 atom stereocenters. The van der Waals surface area contributed by atoms with Crippen LogP contribution in [0.15, 0.2) is 0 Å². The second kappa shape index (κ2) is 4.87. The Morgan fingerprint density at radius 2 is 1.94 bits per heavy atom. The van der Waals surface area contributed by atoms with E-state index in [1.807, 2.05) is 0 Å². The predicted molar refractivity (Wildman–Crippen MR) is 67.7 cm³/mol. The van der Waals surface area contributed by atoms with Gasteiger partial charge in [0, 0.05) is 12.8 Å². The number of nitrogens with one attached hydrogen (secondary N) is 1. The van der Waals surface area contributed by atoms with Gasteiger partial charge in [-0.15, -0.1) is 0 Å². The quantitative estimate of drug-likeness (QED) is 0.753. The van der Waals surface area contributed by atoms with E-state index in [2.05, 4.69) is 5.32 Å². The molecular weight excluding hydrogens is 256 g/mol. The third kappa shape index (κ3) is 2.82. The fraction of sp³-hybridized carbons (Fsp3) is 0.818. The fourth-order valence-electron chi connectivity index (χ4n) is 1.98. The largest absolute Gasteiger partial charge is 0.343 e. The van der Waals surface area contributed by atoms with Crippen molar-refractivity contribution in [1.82, 2.24) is 10.2 Å². The van der Waals surface area contributed by atoms with Crippen LogP contribution < -0.4 is 5.32 Å². The maximum atomic E-state index is 12.1. The van der Waals surface area contributed by atoms with Crippen LogP contribution in [-0.2, 0) is 19.4 Å². The number of carbonyl (C=O) groups is 2. The normalized spacial score (nSPS) is 29.3. The smallest absolute Gasteiger partial charge is 0.246 e. The highest BCUT2D eigenvalue weighted by molar-refractivity contribution is 7.90. The van der Waals surface area contributed by atoms with Crippen LogP contribution in [-0.4, -0.2) is 55.3 Å². The molecule has 0 bridgehead atoms. The average molecular weight is 276 g/mol. The second-order valence-electron chi connectivity index (χ2n) is 4.94. The van der Waals surface area contributed by atoms with Gasteiger partial charge in [0.25, 0.3) is 0 Å². The molecule has 7 heteroatoms. The molecular formula is C11H20N2O4S. The van der Waals surface area contributed by atoms with Gasteiger partial charge in [0.2, 0.25) is 11.8 Å². The van der Waals surface area contributed by atoms with Gasteiger partial charge in [-0.05, 0) is 20.3 Å². The van der Waals surface area contributed by atoms with E-state index in [0.717, 1.165) is 6.26 Å². The van der Waals surface area contributed by atoms with Gasteiger partial charge in [-0.2, -0.15) is 0 Å². The van der Waals surface area contributed by atoms with Gasteiger partial charge in [-0.1, -0.05) is 6.92 Å². The Balaban J connectivity index is 3.00. The molecule has 0 aromatic carbocycles. The maximum absolute atomic E-state index is 12.1. The summed E-state index contributed by atoms with van der Waals surface area (Å²) < 4.78 is 22.4. The van der Waals surface area contributed by atoms with Gasteiger partial charge >= 0.3 is 0 Å². The van der Waals surface area contributed by atoms with Crippen LogP contribution >= 0.6 is 0 Å². The Hall–Kier alpha value is -1.11. The molecule has 18 heavy (non-hydrogen) atoms. The molecule has 2 amide bonds. The van der Waals surface area contributed by atoms with Gasteiger partial charge in [0.15, 0.2) is 0 Å². The van der Waals surface area contributed by atoms with Crippen LogP contribution in [0, 0.1) is 0 Å². The van der Waals surface area contributed by atoms with Gasteiger partial charge in [0.1, 0.15) is 21.4 Å². The van der Waals surface area contributed by atoms with E-state index in [-0.39, 0.29) is 24.1 Å². The lowest BCUT2D eigenvalue weighted by Gasteiger charge is -2.45. The maximum Gasteiger partial charge on any atom is 0.246 e. The van der Waals surface area contributed by atoms with Crippen molar-refractivity contribution in [2.45, 2.75) is 38.8 Å². The number of rotatable bonds is 4. The molecule has 0 aromatic heterocycles. The summed E-state index contributed by atoms with van der Waals surface area (Å²) in [6.07, 6.45) is 1.56. The standard InChI is InChI=1S/C11H20N2O4S/c1-5-11(3)10(15)12-8(2)9(14)13(11)6-7-18(4,16)17/h8H,5-7H2,1-4H3,(H,12,15). The van der Waals surface area contributed by atoms with Crippen LogP contribution in [0.25, 0.3) is 0 Å². The Morgan fingerprint density at radius 3 is 2.39 bits per heavy atom. The van der Waals surface area contributed by atoms with Crippen LogP contribution in [0.1, 0.15) is 27.2 Å². The van der Waals surface area contributed by atoms with Crippen molar-refractivity contribution in [3.05, 3.63) is 0 Å². The van der Waals surface area contributed by atoms with Gasteiger partial charge in [-0.3, -0.25) is 9.59 Å². The molecule has 0 aliphatic carbocycles. The topological polar surface area (TPSA) is 83.6 Å². The lowest BCUT2D eigenvalue weighted by Crippen LogP contribution is -2.69. The Bertz CT molecular complexity index is 460. The van der Waals surface area contributed by atoms with E-state index >= 15 is 0 Å². The SMILES string of the molecule is CCC1(C)C(=O)NC(C)C(=O)N1CCS(C)(=O)=O. The van der Waals surface area contributed by atoms with E-state index in [0.29, 0.717) is 6.42 Å². The molecule has 1 saturated heterocycles. The lowest BCUT2D eigenvalue weighted by atomic mass is 9.91. The molecule has 104 valence electrons. The number of nitrogens with zero attached hydrogens (tertiary/aromatic N) is 1. The minimum Gasteiger partial charge on any atom is -0.343 e. The van der Waals surface area contributed by atoms with E-state index < -0.39 is 21.4 Å². The summed E-state index contributed by atoms with van der Waals surface area (Å²) in [6.45, 7) is 5.12. The third-order valence-electron chi connectivity index (χ3n) is 3.44. The average Bonchev–Trinajstić information content (AvgIpc) is 2.25. The van der Waals surface area contributed by atoms with Crippen molar-refractivity contribution in [2.24, 2.45) is 0 Å². The molecule has 0 radical (unpaired) electrons. The van der Waals surface area contributed by atoms with E-state index in [4.69, 9.17) is 0 Å². The lowest BCUT2D eigenvalue weighted by molar-refractivity contribution is -0.155. The number of amides is 2. The van der Waals surface area contributed by atoms with Crippen LogP contribution in [0.4, 0.5) is 0 Å². The number of hydrogen-bond donors (Lipinski definition) is 1. The molecule has 1 aliphatic rings. The summed E-state index contributed by atoms with van der Waals surface area (Å²) >= 11 is 0. The molecule has 1 N–H and O–H groups in total. The minimum atomic E-state index is -3.17. The van der Waals surface area contributed by atoms with Gasteiger partial charge < -0.3 is 10.2 Å². The number of sulfone groups is 1. The molecule has 0 aromatic rings. The number of carbonyl (C=O) groups excluding carboxylic acids is 2. The summed E-state index contributed by atoms with van der Waals surface area (Å²) in [7, 11) is -3.17. The van der Waals surface area contributed by atoms with E-state index in [9.17, 15) is 18.0 Å². The zero-order valence-corrected chi connectivity index (χ0v) is 12.0. The highest BCUT2D eigenvalue weighted by Crippen LogP contribution is 2.24. The Morgan fingerprint density at radius 1 is 1.39 bits per heavy atom. The monoisotopic (exact) mass is 276 g/mol. The molecule has 6 nitrogen and oxygen atoms in total. The Labute approximate surface area is 108 Å². The third-order valence-corrected chi connectivity index (χ3v) is 4.37. The zero-order chi connectivity index (χ0) is 14.1. The predicted octanol–water partition coefficient (Wildman–Crippen LogP) is -0.453. The highest BCUT2D eigenvalue weighted by atomic mass is 32.2. The zero-order valence-electron chi connectivity index (χ0n) is 11.2. The first-order valence-corrected chi connectivity index (χ1v) is 7.98. The van der Waals surface area contributed by atoms with Crippen molar-refractivity contribution >= 4 is 21.7 Å². The first-order chi connectivity index (χ1) is 8.12. The molecule has 1 aliphatic heterocycles. The van der Waals surface area contributed by atoms with Crippen molar-refractivity contribution < 1.29 is 18.0 Å². The molecule has 1 fully saturated rings. The molecule has 0 saturated carbocycles. The summed E-state index contributed by atoms with van der Waals surface area (Å²) in [4.78, 5) is 25.4. The van der Waals surface area contributed by atoms with Crippen molar-refractivity contribution in [2.75, 3.05) is 18.6 Å². The molecule has 2 unspecified atom stereocenters. The molecule has 0 spiro atoms.